The lowest BCUT2D eigenvalue weighted by atomic mass is 10.2. The zero-order valence-corrected chi connectivity index (χ0v) is 17.6. The van der Waals surface area contributed by atoms with Gasteiger partial charge < -0.3 is 25.0 Å². The smallest absolute Gasteiger partial charge is 0.410 e. The van der Waals surface area contributed by atoms with E-state index in [9.17, 15) is 4.79 Å². The largest absolute Gasteiger partial charge is 0.497 e. The fourth-order valence-corrected chi connectivity index (χ4v) is 2.26. The van der Waals surface area contributed by atoms with Gasteiger partial charge in [-0.2, -0.15) is 0 Å². The van der Waals surface area contributed by atoms with Crippen LogP contribution >= 0.6 is 0 Å². The number of nitrogens with one attached hydrogen (secondary N) is 2. The Kier molecular flexibility index (Phi) is 8.91. The molecule has 1 amide bonds. The van der Waals surface area contributed by atoms with Crippen molar-refractivity contribution < 1.29 is 14.3 Å². The average molecular weight is 379 g/mol. The minimum Gasteiger partial charge on any atom is -0.497 e. The van der Waals surface area contributed by atoms with Crippen LogP contribution in [0.5, 0.6) is 5.75 Å². The number of carbonyl (C=O) groups excluding carboxylic acids is 1. The standard InChI is InChI=1S/C20H34N4O3/c1-15(24(6)19(25)27-20(2,3)4)12-13-22-18(21-5)23-14-16-8-10-17(26-7)11-9-16/h8-11,15H,12-14H2,1-7H3,(H2,21,22,23). The number of carbonyl (C=O) groups is 1. The third-order valence-electron chi connectivity index (χ3n) is 4.04. The molecule has 0 aliphatic heterocycles. The van der Waals surface area contributed by atoms with E-state index in [4.69, 9.17) is 9.47 Å². The Labute approximate surface area is 163 Å². The summed E-state index contributed by atoms with van der Waals surface area (Å²) in [6, 6.07) is 7.93. The van der Waals surface area contributed by atoms with Crippen LogP contribution in [0, 0.1) is 0 Å². The monoisotopic (exact) mass is 378 g/mol. The topological polar surface area (TPSA) is 75.2 Å². The van der Waals surface area contributed by atoms with Crippen LogP contribution in [0.4, 0.5) is 4.79 Å². The summed E-state index contributed by atoms with van der Waals surface area (Å²) in [6.07, 6.45) is 0.468. The second-order valence-electron chi connectivity index (χ2n) is 7.43. The molecule has 0 saturated heterocycles. The Bertz CT molecular complexity index is 609. The highest BCUT2D eigenvalue weighted by Crippen LogP contribution is 2.12. The molecule has 0 aliphatic rings. The quantitative estimate of drug-likeness (QED) is 0.563. The van der Waals surface area contributed by atoms with Gasteiger partial charge in [0.15, 0.2) is 5.96 Å². The van der Waals surface area contributed by atoms with Gasteiger partial charge in [-0.1, -0.05) is 12.1 Å². The van der Waals surface area contributed by atoms with Gasteiger partial charge in [0, 0.05) is 33.2 Å². The van der Waals surface area contributed by atoms with Gasteiger partial charge in [-0.05, 0) is 51.8 Å². The fraction of sp³-hybridized carbons (Fsp3) is 0.600. The SMILES string of the molecule is CN=C(NCCC(C)N(C)C(=O)OC(C)(C)C)NCc1ccc(OC)cc1. The highest BCUT2D eigenvalue weighted by Gasteiger charge is 2.22. The van der Waals surface area contributed by atoms with E-state index >= 15 is 0 Å². The molecule has 152 valence electrons. The van der Waals surface area contributed by atoms with Gasteiger partial charge in [0.1, 0.15) is 11.4 Å². The highest BCUT2D eigenvalue weighted by atomic mass is 16.6. The van der Waals surface area contributed by atoms with Crippen LogP contribution in [-0.2, 0) is 11.3 Å². The van der Waals surface area contributed by atoms with Crippen LogP contribution in [0.15, 0.2) is 29.3 Å². The first kappa shape index (κ1) is 22.6. The molecular weight excluding hydrogens is 344 g/mol. The molecule has 0 radical (unpaired) electrons. The number of hydrogen-bond donors (Lipinski definition) is 2. The summed E-state index contributed by atoms with van der Waals surface area (Å²) in [5.74, 6) is 1.56. The third kappa shape index (κ3) is 8.66. The number of hydrogen-bond acceptors (Lipinski definition) is 4. The van der Waals surface area contributed by atoms with Crippen molar-refractivity contribution in [3.05, 3.63) is 29.8 Å². The lowest BCUT2D eigenvalue weighted by molar-refractivity contribution is 0.0230. The molecule has 1 atom stereocenters. The molecule has 2 N–H and O–H groups in total. The van der Waals surface area contributed by atoms with Gasteiger partial charge >= 0.3 is 6.09 Å². The lowest BCUT2D eigenvalue weighted by Crippen LogP contribution is -2.42. The van der Waals surface area contributed by atoms with E-state index in [0.717, 1.165) is 23.7 Å². The second-order valence-corrected chi connectivity index (χ2v) is 7.43. The maximum atomic E-state index is 12.1. The molecule has 7 nitrogen and oxygen atoms in total. The van der Waals surface area contributed by atoms with Gasteiger partial charge in [0.05, 0.1) is 7.11 Å². The lowest BCUT2D eigenvalue weighted by Gasteiger charge is -2.28. The van der Waals surface area contributed by atoms with Crippen LogP contribution in [0.25, 0.3) is 0 Å². The Hall–Kier alpha value is -2.44. The van der Waals surface area contributed by atoms with Crippen LogP contribution in [0.2, 0.25) is 0 Å². The molecule has 0 saturated carbocycles. The summed E-state index contributed by atoms with van der Waals surface area (Å²) in [4.78, 5) is 17.9. The molecule has 0 aromatic heterocycles. The second kappa shape index (κ2) is 10.6. The molecule has 0 fully saturated rings. The van der Waals surface area contributed by atoms with Crippen molar-refractivity contribution in [3.8, 4) is 5.75 Å². The number of benzene rings is 1. The minimum atomic E-state index is -0.489. The summed E-state index contributed by atoms with van der Waals surface area (Å²) < 4.78 is 10.6. The number of amides is 1. The van der Waals surface area contributed by atoms with E-state index < -0.39 is 5.60 Å². The van der Waals surface area contributed by atoms with Gasteiger partial charge in [-0.25, -0.2) is 4.79 Å². The molecule has 0 bridgehead atoms. The molecule has 1 unspecified atom stereocenters. The summed E-state index contributed by atoms with van der Waals surface area (Å²) in [5.41, 5.74) is 0.647. The van der Waals surface area contributed by atoms with E-state index in [2.05, 4.69) is 15.6 Å². The number of aliphatic imine (C=N–C) groups is 1. The first-order valence-electron chi connectivity index (χ1n) is 9.19. The van der Waals surface area contributed by atoms with E-state index in [-0.39, 0.29) is 12.1 Å². The molecule has 0 heterocycles. The Balaban J connectivity index is 2.38. The molecular formula is C20H34N4O3. The first-order valence-corrected chi connectivity index (χ1v) is 9.19. The van der Waals surface area contributed by atoms with Crippen LogP contribution in [-0.4, -0.2) is 56.3 Å². The predicted octanol–water partition coefficient (Wildman–Crippen LogP) is 3.01. The first-order chi connectivity index (χ1) is 12.7. The van der Waals surface area contributed by atoms with Gasteiger partial charge in [-0.15, -0.1) is 0 Å². The Morgan fingerprint density at radius 1 is 1.22 bits per heavy atom. The van der Waals surface area contributed by atoms with Crippen molar-refractivity contribution in [1.82, 2.24) is 15.5 Å². The molecule has 0 aliphatic carbocycles. The molecule has 7 heteroatoms. The van der Waals surface area contributed by atoms with Crippen molar-refractivity contribution in [2.24, 2.45) is 4.99 Å². The Morgan fingerprint density at radius 3 is 2.37 bits per heavy atom. The normalized spacial score (nSPS) is 12.9. The molecule has 0 spiro atoms. The number of methoxy groups -OCH3 is 1. The van der Waals surface area contributed by atoms with Gasteiger partial charge in [0.25, 0.3) is 0 Å². The van der Waals surface area contributed by atoms with Crippen LogP contribution in [0.1, 0.15) is 39.7 Å². The predicted molar refractivity (Wildman–Crippen MR) is 109 cm³/mol. The van der Waals surface area contributed by atoms with Gasteiger partial charge in [-0.3, -0.25) is 4.99 Å². The van der Waals surface area contributed by atoms with Crippen molar-refractivity contribution in [1.29, 1.82) is 0 Å². The van der Waals surface area contributed by atoms with Crippen LogP contribution < -0.4 is 15.4 Å². The van der Waals surface area contributed by atoms with Crippen molar-refractivity contribution in [3.63, 3.8) is 0 Å². The van der Waals surface area contributed by atoms with E-state index in [1.54, 1.807) is 26.1 Å². The summed E-state index contributed by atoms with van der Waals surface area (Å²) in [7, 11) is 5.15. The minimum absolute atomic E-state index is 0.0482. The molecule has 1 rings (SSSR count). The van der Waals surface area contributed by atoms with Gasteiger partial charge in [0.2, 0.25) is 0 Å². The number of guanidine groups is 1. The average Bonchev–Trinajstić information content (AvgIpc) is 2.62. The molecule has 1 aromatic rings. The van der Waals surface area contributed by atoms with Crippen molar-refractivity contribution in [2.75, 3.05) is 27.7 Å². The summed E-state index contributed by atoms with van der Waals surface area (Å²) in [5, 5.41) is 6.54. The van der Waals surface area contributed by atoms with Crippen molar-refractivity contribution >= 4 is 12.1 Å². The maximum Gasteiger partial charge on any atom is 0.410 e. The third-order valence-corrected chi connectivity index (χ3v) is 4.04. The maximum absolute atomic E-state index is 12.1. The fourth-order valence-electron chi connectivity index (χ4n) is 2.26. The molecule has 1 aromatic carbocycles. The summed E-state index contributed by atoms with van der Waals surface area (Å²) in [6.45, 7) is 8.95. The summed E-state index contributed by atoms with van der Waals surface area (Å²) >= 11 is 0. The van der Waals surface area contributed by atoms with E-state index in [1.165, 1.54) is 0 Å². The molecule has 27 heavy (non-hydrogen) atoms. The zero-order valence-electron chi connectivity index (χ0n) is 17.6. The van der Waals surface area contributed by atoms with Crippen molar-refractivity contribution in [2.45, 2.75) is 52.3 Å². The zero-order chi connectivity index (χ0) is 20.4. The number of ether oxygens (including phenoxy) is 2. The Morgan fingerprint density at radius 2 is 1.85 bits per heavy atom. The number of nitrogens with zero attached hydrogens (tertiary/aromatic N) is 2. The number of rotatable bonds is 7. The van der Waals surface area contributed by atoms with Crippen LogP contribution in [0.3, 0.4) is 0 Å². The van der Waals surface area contributed by atoms with E-state index in [1.807, 2.05) is 52.0 Å². The van der Waals surface area contributed by atoms with E-state index in [0.29, 0.717) is 13.1 Å². The highest BCUT2D eigenvalue weighted by molar-refractivity contribution is 5.79.